The Labute approximate surface area is 95.7 Å². The lowest BCUT2D eigenvalue weighted by Gasteiger charge is -2.04. The van der Waals surface area contributed by atoms with Crippen molar-refractivity contribution in [2.45, 2.75) is 6.42 Å². The summed E-state index contributed by atoms with van der Waals surface area (Å²) in [5, 5.41) is 3.02. The monoisotopic (exact) mass is 222 g/mol. The molecule has 0 aromatic carbocycles. The average Bonchev–Trinajstić information content (AvgIpc) is 2.31. The van der Waals surface area contributed by atoms with E-state index in [1.165, 1.54) is 0 Å². The summed E-state index contributed by atoms with van der Waals surface area (Å²) in [6, 6.07) is 5.86. The van der Waals surface area contributed by atoms with E-state index in [2.05, 4.69) is 15.3 Å². The Morgan fingerprint density at radius 2 is 2.44 bits per heavy atom. The van der Waals surface area contributed by atoms with Crippen LogP contribution >= 0.6 is 0 Å². The minimum absolute atomic E-state index is 0.452. The van der Waals surface area contributed by atoms with Crippen LogP contribution in [-0.2, 0) is 11.2 Å². The van der Waals surface area contributed by atoms with Gasteiger partial charge in [0.15, 0.2) is 5.96 Å². The van der Waals surface area contributed by atoms with Gasteiger partial charge >= 0.3 is 0 Å². The highest BCUT2D eigenvalue weighted by Gasteiger charge is 1.94. The molecule has 88 valence electrons. The highest BCUT2D eigenvalue weighted by molar-refractivity contribution is 5.77. The van der Waals surface area contributed by atoms with E-state index in [0.717, 1.165) is 18.7 Å². The Morgan fingerprint density at radius 1 is 1.56 bits per heavy atom. The first-order valence-corrected chi connectivity index (χ1v) is 5.25. The van der Waals surface area contributed by atoms with Crippen molar-refractivity contribution >= 4 is 5.96 Å². The van der Waals surface area contributed by atoms with Crippen molar-refractivity contribution in [3.8, 4) is 0 Å². The molecule has 5 nitrogen and oxygen atoms in total. The second-order valence-corrected chi connectivity index (χ2v) is 3.26. The minimum Gasteiger partial charge on any atom is -0.383 e. The molecule has 0 aliphatic heterocycles. The number of nitrogens with zero attached hydrogens (tertiary/aromatic N) is 2. The third-order valence-corrected chi connectivity index (χ3v) is 1.99. The zero-order valence-corrected chi connectivity index (χ0v) is 9.52. The van der Waals surface area contributed by atoms with Gasteiger partial charge in [-0.1, -0.05) is 6.07 Å². The van der Waals surface area contributed by atoms with Crippen molar-refractivity contribution in [2.75, 3.05) is 26.8 Å². The van der Waals surface area contributed by atoms with Gasteiger partial charge in [-0.25, -0.2) is 0 Å². The lowest BCUT2D eigenvalue weighted by atomic mass is 10.3. The maximum atomic E-state index is 5.64. The first-order valence-electron chi connectivity index (χ1n) is 5.25. The molecule has 5 heteroatoms. The Balaban J connectivity index is 2.18. The SMILES string of the molecule is COCCN=C(N)NCCc1ccccn1. The van der Waals surface area contributed by atoms with Crippen LogP contribution in [0, 0.1) is 0 Å². The van der Waals surface area contributed by atoms with Gasteiger partial charge in [-0.15, -0.1) is 0 Å². The summed E-state index contributed by atoms with van der Waals surface area (Å²) >= 11 is 0. The maximum Gasteiger partial charge on any atom is 0.188 e. The third kappa shape index (κ3) is 5.31. The van der Waals surface area contributed by atoms with Crippen molar-refractivity contribution in [3.05, 3.63) is 30.1 Å². The predicted octanol–water partition coefficient (Wildman–Crippen LogP) is 0.175. The average molecular weight is 222 g/mol. The normalized spacial score (nSPS) is 11.4. The van der Waals surface area contributed by atoms with E-state index in [9.17, 15) is 0 Å². The summed E-state index contributed by atoms with van der Waals surface area (Å²) < 4.78 is 4.87. The van der Waals surface area contributed by atoms with Gasteiger partial charge in [0.05, 0.1) is 13.2 Å². The number of nitrogens with one attached hydrogen (secondary N) is 1. The lowest BCUT2D eigenvalue weighted by molar-refractivity contribution is 0.208. The second kappa shape index (κ2) is 7.64. The second-order valence-electron chi connectivity index (χ2n) is 3.26. The number of aliphatic imine (C=N–C) groups is 1. The van der Waals surface area contributed by atoms with Gasteiger partial charge in [-0.3, -0.25) is 9.98 Å². The molecular weight excluding hydrogens is 204 g/mol. The number of pyridine rings is 1. The van der Waals surface area contributed by atoms with E-state index >= 15 is 0 Å². The third-order valence-electron chi connectivity index (χ3n) is 1.99. The summed E-state index contributed by atoms with van der Waals surface area (Å²) in [6.07, 6.45) is 2.62. The van der Waals surface area contributed by atoms with Gasteiger partial charge in [0.2, 0.25) is 0 Å². The van der Waals surface area contributed by atoms with E-state index in [1.807, 2.05) is 18.2 Å². The van der Waals surface area contributed by atoms with E-state index in [0.29, 0.717) is 19.1 Å². The molecule has 0 saturated carbocycles. The topological polar surface area (TPSA) is 72.5 Å². The summed E-state index contributed by atoms with van der Waals surface area (Å²) in [6.45, 7) is 1.90. The quantitative estimate of drug-likeness (QED) is 0.409. The number of rotatable bonds is 6. The zero-order chi connectivity index (χ0) is 11.6. The molecule has 0 aliphatic rings. The highest BCUT2D eigenvalue weighted by atomic mass is 16.5. The van der Waals surface area contributed by atoms with Crippen molar-refractivity contribution in [1.29, 1.82) is 0 Å². The highest BCUT2D eigenvalue weighted by Crippen LogP contribution is 1.92. The van der Waals surface area contributed by atoms with E-state index in [-0.39, 0.29) is 0 Å². The molecule has 1 rings (SSSR count). The lowest BCUT2D eigenvalue weighted by Crippen LogP contribution is -2.33. The van der Waals surface area contributed by atoms with E-state index < -0.39 is 0 Å². The fourth-order valence-corrected chi connectivity index (χ4v) is 1.18. The van der Waals surface area contributed by atoms with Gasteiger partial charge in [0.25, 0.3) is 0 Å². The van der Waals surface area contributed by atoms with Crippen LogP contribution in [0.3, 0.4) is 0 Å². The van der Waals surface area contributed by atoms with Crippen LogP contribution in [0.1, 0.15) is 5.69 Å². The van der Waals surface area contributed by atoms with Crippen molar-refractivity contribution < 1.29 is 4.74 Å². The Kier molecular flexibility index (Phi) is 5.95. The number of guanidine groups is 1. The molecule has 0 unspecified atom stereocenters. The molecule has 1 aromatic heterocycles. The van der Waals surface area contributed by atoms with Crippen LogP contribution < -0.4 is 11.1 Å². The molecule has 1 aromatic rings. The van der Waals surface area contributed by atoms with Crippen LogP contribution in [0.15, 0.2) is 29.4 Å². The molecule has 16 heavy (non-hydrogen) atoms. The van der Waals surface area contributed by atoms with Crippen LogP contribution in [-0.4, -0.2) is 37.7 Å². The molecule has 0 spiro atoms. The molecule has 0 radical (unpaired) electrons. The standard InChI is InChI=1S/C11H18N4O/c1-16-9-8-15-11(12)14-7-5-10-4-2-3-6-13-10/h2-4,6H,5,7-9H2,1H3,(H3,12,14,15). The Hall–Kier alpha value is -1.62. The first kappa shape index (κ1) is 12.4. The largest absolute Gasteiger partial charge is 0.383 e. The predicted molar refractivity (Wildman–Crippen MR) is 64.3 cm³/mol. The number of nitrogens with two attached hydrogens (primary N) is 1. The Bertz CT molecular complexity index is 313. The fraction of sp³-hybridized carbons (Fsp3) is 0.455. The molecule has 0 aliphatic carbocycles. The molecule has 0 atom stereocenters. The summed E-state index contributed by atoms with van der Waals surface area (Å²) in [7, 11) is 1.64. The minimum atomic E-state index is 0.452. The summed E-state index contributed by atoms with van der Waals surface area (Å²) in [5.74, 6) is 0.452. The van der Waals surface area contributed by atoms with Gasteiger partial charge in [-0.2, -0.15) is 0 Å². The number of hydrogen-bond donors (Lipinski definition) is 2. The molecule has 0 bridgehead atoms. The molecule has 0 fully saturated rings. The van der Waals surface area contributed by atoms with Crippen molar-refractivity contribution in [3.63, 3.8) is 0 Å². The van der Waals surface area contributed by atoms with Crippen LogP contribution in [0.2, 0.25) is 0 Å². The number of ether oxygens (including phenoxy) is 1. The van der Waals surface area contributed by atoms with Gasteiger partial charge in [-0.05, 0) is 12.1 Å². The maximum absolute atomic E-state index is 5.64. The summed E-state index contributed by atoms with van der Waals surface area (Å²) in [4.78, 5) is 8.29. The number of hydrogen-bond acceptors (Lipinski definition) is 3. The Morgan fingerprint density at radius 3 is 3.12 bits per heavy atom. The van der Waals surface area contributed by atoms with Gasteiger partial charge in [0.1, 0.15) is 0 Å². The molecule has 0 amide bonds. The van der Waals surface area contributed by atoms with Crippen LogP contribution in [0.25, 0.3) is 0 Å². The van der Waals surface area contributed by atoms with Crippen molar-refractivity contribution in [2.24, 2.45) is 10.7 Å². The smallest absolute Gasteiger partial charge is 0.188 e. The fourth-order valence-electron chi connectivity index (χ4n) is 1.18. The molecular formula is C11H18N4O. The number of aromatic nitrogens is 1. The zero-order valence-electron chi connectivity index (χ0n) is 9.52. The molecule has 3 N–H and O–H groups in total. The van der Waals surface area contributed by atoms with Crippen LogP contribution in [0.5, 0.6) is 0 Å². The summed E-state index contributed by atoms with van der Waals surface area (Å²) in [5.41, 5.74) is 6.68. The van der Waals surface area contributed by atoms with Gasteiger partial charge in [0, 0.05) is 32.0 Å². The molecule has 0 saturated heterocycles. The van der Waals surface area contributed by atoms with Crippen LogP contribution in [0.4, 0.5) is 0 Å². The number of methoxy groups -OCH3 is 1. The van der Waals surface area contributed by atoms with Gasteiger partial charge < -0.3 is 15.8 Å². The van der Waals surface area contributed by atoms with E-state index in [1.54, 1.807) is 13.3 Å². The first-order chi connectivity index (χ1) is 7.83. The molecule has 1 heterocycles. The van der Waals surface area contributed by atoms with Crippen molar-refractivity contribution in [1.82, 2.24) is 10.3 Å². The van der Waals surface area contributed by atoms with E-state index in [4.69, 9.17) is 10.5 Å².